The van der Waals surface area contributed by atoms with Crippen molar-refractivity contribution in [3.63, 3.8) is 0 Å². The van der Waals surface area contributed by atoms with Gasteiger partial charge >= 0.3 is 0 Å². The lowest BCUT2D eigenvalue weighted by atomic mass is 9.91. The second kappa shape index (κ2) is 11.3. The fourth-order valence-corrected chi connectivity index (χ4v) is 5.89. The number of hydrogen-bond donors (Lipinski definition) is 3. The number of β-amino-alcohol motifs (C(OH)–C–C–N with tert-alkyl or cyclic N) is 1. The molecule has 2 aromatic heterocycles. The Morgan fingerprint density at radius 2 is 2.08 bits per heavy atom. The van der Waals surface area contributed by atoms with Crippen molar-refractivity contribution in [2.45, 2.75) is 58.7 Å². The summed E-state index contributed by atoms with van der Waals surface area (Å²) in [5.74, 6) is -0.703. The number of aromatic nitrogens is 2. The number of halogens is 1. The number of benzene rings is 1. The summed E-state index contributed by atoms with van der Waals surface area (Å²) in [5, 5.41) is 17.2. The average molecular weight is 624 g/mol. The number of amides is 2. The van der Waals surface area contributed by atoms with Gasteiger partial charge in [-0.3, -0.25) is 9.59 Å². The normalized spacial score (nSPS) is 18.5. The SMILES string of the molecule is Cc1cc(C(C(=O)N2C[C@H](O)C[C@H]2C(=O)NCc2ccc(-c3scnc3C)cc2NI)C(C)C)on1. The topological polar surface area (TPSA) is 121 Å². The Morgan fingerprint density at radius 1 is 1.31 bits per heavy atom. The third kappa shape index (κ3) is 5.57. The maximum atomic E-state index is 13.5. The summed E-state index contributed by atoms with van der Waals surface area (Å²) in [5.41, 5.74) is 6.35. The Morgan fingerprint density at radius 3 is 2.69 bits per heavy atom. The molecule has 1 aliphatic rings. The quantitative estimate of drug-likeness (QED) is 0.254. The number of thiazole rings is 1. The Hall–Kier alpha value is -2.51. The number of carbonyl (C=O) groups excluding carboxylic acids is 2. The highest BCUT2D eigenvalue weighted by atomic mass is 127. The zero-order valence-corrected chi connectivity index (χ0v) is 23.6. The second-order valence-corrected chi connectivity index (χ2v) is 10.8. The van der Waals surface area contributed by atoms with Gasteiger partial charge in [0.05, 0.1) is 50.7 Å². The van der Waals surface area contributed by atoms with Crippen LogP contribution >= 0.6 is 34.2 Å². The molecule has 0 radical (unpaired) electrons. The zero-order chi connectivity index (χ0) is 26.0. The van der Waals surface area contributed by atoms with E-state index in [9.17, 15) is 14.7 Å². The van der Waals surface area contributed by atoms with E-state index >= 15 is 0 Å². The van der Waals surface area contributed by atoms with Crippen LogP contribution in [-0.2, 0) is 16.1 Å². The number of likely N-dealkylation sites (tertiary alicyclic amines) is 1. The zero-order valence-electron chi connectivity index (χ0n) is 20.6. The van der Waals surface area contributed by atoms with E-state index in [2.05, 4.69) is 41.9 Å². The Balaban J connectivity index is 1.48. The summed E-state index contributed by atoms with van der Waals surface area (Å²) >= 11 is 3.66. The minimum atomic E-state index is -0.762. The first-order chi connectivity index (χ1) is 17.2. The molecular weight excluding hydrogens is 593 g/mol. The molecule has 0 saturated carbocycles. The van der Waals surface area contributed by atoms with Crippen LogP contribution in [0.3, 0.4) is 0 Å². The van der Waals surface area contributed by atoms with Crippen LogP contribution in [0.4, 0.5) is 5.69 Å². The summed E-state index contributed by atoms with van der Waals surface area (Å²) in [6, 6.07) is 7.02. The third-order valence-corrected chi connectivity index (χ3v) is 7.98. The maximum Gasteiger partial charge on any atom is 0.243 e. The van der Waals surface area contributed by atoms with Crippen LogP contribution in [0.5, 0.6) is 0 Å². The van der Waals surface area contributed by atoms with E-state index in [1.54, 1.807) is 24.3 Å². The summed E-state index contributed by atoms with van der Waals surface area (Å²) in [4.78, 5) is 33.7. The molecule has 1 aliphatic heterocycles. The van der Waals surface area contributed by atoms with Crippen molar-refractivity contribution in [2.75, 3.05) is 10.1 Å². The largest absolute Gasteiger partial charge is 0.391 e. The van der Waals surface area contributed by atoms with E-state index in [4.69, 9.17) is 4.52 Å². The second-order valence-electron chi connectivity index (χ2n) is 9.44. The van der Waals surface area contributed by atoms with Gasteiger partial charge in [-0.1, -0.05) is 31.1 Å². The van der Waals surface area contributed by atoms with Gasteiger partial charge in [0, 0.05) is 31.3 Å². The highest BCUT2D eigenvalue weighted by Gasteiger charge is 2.43. The van der Waals surface area contributed by atoms with Crippen molar-refractivity contribution in [1.29, 1.82) is 0 Å². The predicted octanol–water partition coefficient (Wildman–Crippen LogP) is 4.19. The molecule has 1 aromatic carbocycles. The van der Waals surface area contributed by atoms with E-state index in [1.165, 1.54) is 4.90 Å². The molecule has 192 valence electrons. The molecule has 3 heterocycles. The molecule has 36 heavy (non-hydrogen) atoms. The number of carbonyl (C=O) groups is 2. The van der Waals surface area contributed by atoms with Crippen molar-refractivity contribution in [2.24, 2.45) is 5.92 Å². The van der Waals surface area contributed by atoms with Gasteiger partial charge in [-0.2, -0.15) is 0 Å². The van der Waals surface area contributed by atoms with Crippen LogP contribution in [0.1, 0.15) is 48.9 Å². The number of aliphatic hydroxyl groups excluding tert-OH is 1. The van der Waals surface area contributed by atoms with Gasteiger partial charge < -0.3 is 23.4 Å². The maximum absolute atomic E-state index is 13.5. The van der Waals surface area contributed by atoms with Gasteiger partial charge in [-0.15, -0.1) is 11.3 Å². The van der Waals surface area contributed by atoms with Crippen LogP contribution in [-0.4, -0.2) is 50.7 Å². The smallest absolute Gasteiger partial charge is 0.243 e. The molecule has 0 aliphatic carbocycles. The minimum absolute atomic E-state index is 0.0655. The molecule has 1 saturated heterocycles. The number of hydrogen-bond acceptors (Lipinski definition) is 8. The molecule has 3 atom stereocenters. The molecule has 2 amide bonds. The number of nitrogens with one attached hydrogen (secondary N) is 2. The molecule has 1 fully saturated rings. The van der Waals surface area contributed by atoms with Gasteiger partial charge in [0.25, 0.3) is 0 Å². The van der Waals surface area contributed by atoms with Crippen molar-refractivity contribution in [1.82, 2.24) is 20.4 Å². The molecule has 3 aromatic rings. The van der Waals surface area contributed by atoms with Gasteiger partial charge in [0.15, 0.2) is 0 Å². The summed E-state index contributed by atoms with van der Waals surface area (Å²) in [7, 11) is 0. The van der Waals surface area contributed by atoms with Crippen LogP contribution in [0.2, 0.25) is 0 Å². The lowest BCUT2D eigenvalue weighted by Crippen LogP contribution is -2.48. The highest BCUT2D eigenvalue weighted by molar-refractivity contribution is 14.1. The van der Waals surface area contributed by atoms with E-state index in [0.29, 0.717) is 11.5 Å². The monoisotopic (exact) mass is 623 g/mol. The van der Waals surface area contributed by atoms with Crippen LogP contribution in [0, 0.1) is 19.8 Å². The molecule has 3 N–H and O–H groups in total. The molecular formula is C25H30IN5O4S. The van der Waals surface area contributed by atoms with E-state index < -0.39 is 18.1 Å². The van der Waals surface area contributed by atoms with E-state index in [1.807, 2.05) is 44.5 Å². The first kappa shape index (κ1) is 26.6. The predicted molar refractivity (Wildman–Crippen MR) is 147 cm³/mol. The Bertz CT molecular complexity index is 1240. The summed E-state index contributed by atoms with van der Waals surface area (Å²) in [6.45, 7) is 8.03. The van der Waals surface area contributed by atoms with E-state index in [0.717, 1.165) is 27.4 Å². The molecule has 11 heteroatoms. The molecule has 4 rings (SSSR count). The summed E-state index contributed by atoms with van der Waals surface area (Å²) in [6.07, 6.45) is -0.568. The molecule has 9 nitrogen and oxygen atoms in total. The van der Waals surface area contributed by atoms with Gasteiger partial charge in [0.1, 0.15) is 17.7 Å². The van der Waals surface area contributed by atoms with Crippen molar-refractivity contribution in [3.05, 3.63) is 52.5 Å². The molecule has 0 spiro atoms. The standard InChI is InChI=1S/C25H30IN5O4S/c1-13(2)22(21-7-14(3)30-35-21)25(34)31-11-18(32)9-20(31)24(33)27-10-17-6-5-16(8-19(17)29-26)23-15(4)28-12-36-23/h5-8,12-13,18,20,22,29,32H,9-11H2,1-4H3,(H,27,33)/t18-,20+,22?/m1/s1. The van der Waals surface area contributed by atoms with Crippen molar-refractivity contribution < 1.29 is 19.2 Å². The van der Waals surface area contributed by atoms with Crippen LogP contribution < -0.4 is 8.85 Å². The first-order valence-electron chi connectivity index (χ1n) is 11.8. The first-order valence-corrected chi connectivity index (χ1v) is 13.7. The number of aryl methyl sites for hydroxylation is 2. The number of anilines is 1. The Kier molecular flexibility index (Phi) is 8.30. The van der Waals surface area contributed by atoms with E-state index in [-0.39, 0.29) is 37.2 Å². The highest BCUT2D eigenvalue weighted by Crippen LogP contribution is 2.33. The molecule has 1 unspecified atom stereocenters. The molecule has 0 bridgehead atoms. The van der Waals surface area contributed by atoms with Gasteiger partial charge in [-0.05, 0) is 37.0 Å². The minimum Gasteiger partial charge on any atom is -0.391 e. The fraction of sp³-hybridized carbons (Fsp3) is 0.440. The van der Waals surface area contributed by atoms with Gasteiger partial charge in [-0.25, -0.2) is 4.98 Å². The third-order valence-electron chi connectivity index (χ3n) is 6.42. The Labute approximate surface area is 228 Å². The van der Waals surface area contributed by atoms with Crippen LogP contribution in [0.15, 0.2) is 34.3 Å². The number of aliphatic hydroxyl groups is 1. The van der Waals surface area contributed by atoms with Crippen molar-refractivity contribution >= 4 is 51.7 Å². The number of rotatable bonds is 8. The fourth-order valence-electron chi connectivity index (χ4n) is 4.59. The number of nitrogens with zero attached hydrogens (tertiary/aromatic N) is 3. The lowest BCUT2D eigenvalue weighted by molar-refractivity contribution is -0.141. The lowest BCUT2D eigenvalue weighted by Gasteiger charge is -2.28. The van der Waals surface area contributed by atoms with Gasteiger partial charge in [0.2, 0.25) is 11.8 Å². The summed E-state index contributed by atoms with van der Waals surface area (Å²) < 4.78 is 8.57. The van der Waals surface area contributed by atoms with Crippen molar-refractivity contribution in [3.8, 4) is 10.4 Å². The van der Waals surface area contributed by atoms with Crippen LogP contribution in [0.25, 0.3) is 10.4 Å². The average Bonchev–Trinajstić information content (AvgIpc) is 3.57.